The molecule has 0 radical (unpaired) electrons. The predicted molar refractivity (Wildman–Crippen MR) is 73.9 cm³/mol. The average Bonchev–Trinajstić information content (AvgIpc) is 2.37. The van der Waals surface area contributed by atoms with Crippen molar-refractivity contribution >= 4 is 11.4 Å². The van der Waals surface area contributed by atoms with E-state index in [0.717, 1.165) is 19.0 Å². The minimum Gasteiger partial charge on any atom is -0.378 e. The fourth-order valence-electron chi connectivity index (χ4n) is 1.74. The molecule has 1 N–H and O–H groups in total. The molecule has 0 amide bonds. The number of likely N-dealkylation sites (N-methyl/N-ethyl adjacent to an activating group) is 1. The first-order chi connectivity index (χ1) is 8.97. The summed E-state index contributed by atoms with van der Waals surface area (Å²) in [6.07, 6.45) is 1.04. The van der Waals surface area contributed by atoms with Gasteiger partial charge in [-0.25, -0.2) is 0 Å². The highest BCUT2D eigenvalue weighted by Crippen LogP contribution is 2.26. The summed E-state index contributed by atoms with van der Waals surface area (Å²) in [6.45, 7) is 5.49. The third-order valence-electron chi connectivity index (χ3n) is 3.29. The standard InChI is InChI=1S/C13H20FN3O2/c1-4-10(2)16(3)9-8-15-12-7-5-6-11(14)13(12)17(18)19/h5-7,10,15H,4,8-9H2,1-3H3. The molecular weight excluding hydrogens is 249 g/mol. The lowest BCUT2D eigenvalue weighted by molar-refractivity contribution is -0.386. The molecule has 1 atom stereocenters. The van der Waals surface area contributed by atoms with E-state index >= 15 is 0 Å². The zero-order valence-corrected chi connectivity index (χ0v) is 11.5. The Balaban J connectivity index is 2.64. The van der Waals surface area contributed by atoms with Crippen LogP contribution in [0.4, 0.5) is 15.8 Å². The van der Waals surface area contributed by atoms with Crippen molar-refractivity contribution in [3.8, 4) is 0 Å². The summed E-state index contributed by atoms with van der Waals surface area (Å²) in [5.41, 5.74) is -0.267. The molecule has 1 aromatic rings. The molecular formula is C13H20FN3O2. The summed E-state index contributed by atoms with van der Waals surface area (Å²) in [5.74, 6) is -0.815. The summed E-state index contributed by atoms with van der Waals surface area (Å²) < 4.78 is 13.4. The van der Waals surface area contributed by atoms with Crippen molar-refractivity contribution in [3.05, 3.63) is 34.1 Å². The van der Waals surface area contributed by atoms with Crippen molar-refractivity contribution in [2.75, 3.05) is 25.5 Å². The molecule has 106 valence electrons. The first kappa shape index (κ1) is 15.4. The van der Waals surface area contributed by atoms with E-state index < -0.39 is 16.4 Å². The molecule has 0 aromatic heterocycles. The van der Waals surface area contributed by atoms with Gasteiger partial charge in [0.1, 0.15) is 5.69 Å². The average molecular weight is 269 g/mol. The van der Waals surface area contributed by atoms with E-state index in [0.29, 0.717) is 12.6 Å². The highest BCUT2D eigenvalue weighted by atomic mass is 19.1. The molecule has 6 heteroatoms. The number of nitro benzene ring substituents is 1. The minimum atomic E-state index is -0.815. The van der Waals surface area contributed by atoms with Gasteiger partial charge in [0, 0.05) is 19.1 Å². The zero-order valence-electron chi connectivity index (χ0n) is 11.5. The largest absolute Gasteiger partial charge is 0.378 e. The fraction of sp³-hybridized carbons (Fsp3) is 0.538. The number of nitrogens with one attached hydrogen (secondary N) is 1. The molecule has 19 heavy (non-hydrogen) atoms. The molecule has 0 bridgehead atoms. The van der Waals surface area contributed by atoms with Gasteiger partial charge in [-0.15, -0.1) is 0 Å². The van der Waals surface area contributed by atoms with Gasteiger partial charge in [0.05, 0.1) is 4.92 Å². The lowest BCUT2D eigenvalue weighted by Gasteiger charge is -2.23. The van der Waals surface area contributed by atoms with Crippen LogP contribution in [0.1, 0.15) is 20.3 Å². The van der Waals surface area contributed by atoms with Gasteiger partial charge in [-0.1, -0.05) is 13.0 Å². The lowest BCUT2D eigenvalue weighted by atomic mass is 10.2. The number of benzene rings is 1. The number of anilines is 1. The SMILES string of the molecule is CCC(C)N(C)CCNc1cccc(F)c1[N+](=O)[O-]. The maximum absolute atomic E-state index is 13.4. The Bertz CT molecular complexity index is 440. The molecule has 0 aliphatic rings. The minimum absolute atomic E-state index is 0.225. The first-order valence-corrected chi connectivity index (χ1v) is 6.34. The number of halogens is 1. The molecule has 0 spiro atoms. The lowest BCUT2D eigenvalue weighted by Crippen LogP contribution is -2.32. The highest BCUT2D eigenvalue weighted by molar-refractivity contribution is 5.61. The Hall–Kier alpha value is -1.69. The van der Waals surface area contributed by atoms with Gasteiger partial charge in [-0.2, -0.15) is 4.39 Å². The number of nitrogens with zero attached hydrogens (tertiary/aromatic N) is 2. The molecule has 0 aliphatic heterocycles. The molecule has 0 saturated heterocycles. The van der Waals surface area contributed by atoms with Crippen LogP contribution in [0, 0.1) is 15.9 Å². The summed E-state index contributed by atoms with van der Waals surface area (Å²) in [7, 11) is 2.00. The molecule has 1 aromatic carbocycles. The highest BCUT2D eigenvalue weighted by Gasteiger charge is 2.19. The van der Waals surface area contributed by atoms with Crippen LogP contribution in [0.5, 0.6) is 0 Å². The summed E-state index contributed by atoms with van der Waals surface area (Å²) in [6, 6.07) is 4.52. The maximum Gasteiger partial charge on any atom is 0.327 e. The Morgan fingerprint density at radius 2 is 2.21 bits per heavy atom. The van der Waals surface area contributed by atoms with Gasteiger partial charge in [0.2, 0.25) is 5.82 Å². The predicted octanol–water partition coefficient (Wildman–Crippen LogP) is 2.88. The molecule has 5 nitrogen and oxygen atoms in total. The third-order valence-corrected chi connectivity index (χ3v) is 3.29. The quantitative estimate of drug-likeness (QED) is 0.611. The Morgan fingerprint density at radius 1 is 1.53 bits per heavy atom. The van der Waals surface area contributed by atoms with Gasteiger partial charge in [0.25, 0.3) is 0 Å². The van der Waals surface area contributed by atoms with Crippen molar-refractivity contribution in [2.24, 2.45) is 0 Å². The number of rotatable bonds is 7. The van der Waals surface area contributed by atoms with Crippen molar-refractivity contribution in [1.29, 1.82) is 0 Å². The summed E-state index contributed by atoms with van der Waals surface area (Å²) in [5, 5.41) is 13.7. The Labute approximate surface area is 112 Å². The van der Waals surface area contributed by atoms with Gasteiger partial charge < -0.3 is 10.2 Å². The van der Waals surface area contributed by atoms with E-state index in [9.17, 15) is 14.5 Å². The van der Waals surface area contributed by atoms with Crippen LogP contribution in [-0.2, 0) is 0 Å². The van der Waals surface area contributed by atoms with Gasteiger partial charge in [-0.3, -0.25) is 10.1 Å². The summed E-state index contributed by atoms with van der Waals surface area (Å²) in [4.78, 5) is 12.3. The van der Waals surface area contributed by atoms with E-state index in [4.69, 9.17) is 0 Å². The first-order valence-electron chi connectivity index (χ1n) is 6.34. The topological polar surface area (TPSA) is 58.4 Å². The van der Waals surface area contributed by atoms with Crippen molar-refractivity contribution in [2.45, 2.75) is 26.3 Å². The van der Waals surface area contributed by atoms with E-state index in [-0.39, 0.29) is 5.69 Å². The molecule has 1 rings (SSSR count). The maximum atomic E-state index is 13.4. The van der Waals surface area contributed by atoms with Gasteiger partial charge in [-0.05, 0) is 32.5 Å². The van der Waals surface area contributed by atoms with Crippen molar-refractivity contribution < 1.29 is 9.31 Å². The van der Waals surface area contributed by atoms with E-state index in [1.165, 1.54) is 12.1 Å². The van der Waals surface area contributed by atoms with Crippen molar-refractivity contribution in [1.82, 2.24) is 4.90 Å². The van der Waals surface area contributed by atoms with Crippen LogP contribution in [-0.4, -0.2) is 36.0 Å². The molecule has 0 fully saturated rings. The van der Waals surface area contributed by atoms with Crippen LogP contribution >= 0.6 is 0 Å². The normalized spacial score (nSPS) is 12.5. The van der Waals surface area contributed by atoms with Crippen LogP contribution in [0.3, 0.4) is 0 Å². The smallest absolute Gasteiger partial charge is 0.327 e. The Kier molecular flexibility index (Phi) is 5.69. The second kappa shape index (κ2) is 7.04. The van der Waals surface area contributed by atoms with E-state index in [1.54, 1.807) is 0 Å². The fourth-order valence-corrected chi connectivity index (χ4v) is 1.74. The van der Waals surface area contributed by atoms with Crippen LogP contribution in [0.15, 0.2) is 18.2 Å². The molecule has 0 heterocycles. The molecule has 0 saturated carbocycles. The number of para-hydroxylation sites is 1. The summed E-state index contributed by atoms with van der Waals surface area (Å²) >= 11 is 0. The van der Waals surface area contributed by atoms with E-state index in [2.05, 4.69) is 24.1 Å². The second-order valence-corrected chi connectivity index (χ2v) is 4.56. The monoisotopic (exact) mass is 269 g/mol. The van der Waals surface area contributed by atoms with Crippen LogP contribution in [0.25, 0.3) is 0 Å². The number of hydrogen-bond donors (Lipinski definition) is 1. The van der Waals surface area contributed by atoms with Crippen molar-refractivity contribution in [3.63, 3.8) is 0 Å². The molecule has 1 unspecified atom stereocenters. The Morgan fingerprint density at radius 3 is 2.79 bits per heavy atom. The zero-order chi connectivity index (χ0) is 14.4. The van der Waals surface area contributed by atoms with Gasteiger partial charge >= 0.3 is 5.69 Å². The number of nitro groups is 1. The third kappa shape index (κ3) is 4.17. The van der Waals surface area contributed by atoms with Crippen LogP contribution in [0.2, 0.25) is 0 Å². The van der Waals surface area contributed by atoms with Crippen LogP contribution < -0.4 is 5.32 Å². The number of hydrogen-bond acceptors (Lipinski definition) is 4. The van der Waals surface area contributed by atoms with Gasteiger partial charge in [0.15, 0.2) is 0 Å². The molecule has 0 aliphatic carbocycles. The second-order valence-electron chi connectivity index (χ2n) is 4.56. The van der Waals surface area contributed by atoms with E-state index in [1.807, 2.05) is 7.05 Å².